The van der Waals surface area contributed by atoms with Crippen molar-refractivity contribution in [2.45, 2.75) is 0 Å². The highest BCUT2D eigenvalue weighted by Crippen LogP contribution is 2.29. The van der Waals surface area contributed by atoms with Crippen molar-refractivity contribution in [1.82, 2.24) is 4.98 Å². The van der Waals surface area contributed by atoms with Crippen LogP contribution in [0.4, 0.5) is 0 Å². The number of aromatic nitrogens is 1. The van der Waals surface area contributed by atoms with Crippen LogP contribution in [-0.4, -0.2) is 4.98 Å². The molecule has 0 radical (unpaired) electrons. The van der Waals surface area contributed by atoms with E-state index in [1.165, 1.54) is 0 Å². The van der Waals surface area contributed by atoms with Crippen molar-refractivity contribution in [2.24, 2.45) is 0 Å². The van der Waals surface area contributed by atoms with Gasteiger partial charge in [-0.1, -0.05) is 11.6 Å². The molecule has 11 heavy (non-hydrogen) atoms. The highest BCUT2D eigenvalue weighted by atomic mass is 127. The molecule has 0 aliphatic carbocycles. The summed E-state index contributed by atoms with van der Waals surface area (Å²) in [4.78, 5) is 4.21. The number of hydrogen-bond acceptors (Lipinski definition) is 2. The number of rotatable bonds is 0. The van der Waals surface area contributed by atoms with E-state index in [1.54, 1.807) is 11.3 Å². The molecule has 0 bridgehead atoms. The van der Waals surface area contributed by atoms with Crippen LogP contribution in [0.25, 0.3) is 10.2 Å². The first-order valence-electron chi connectivity index (χ1n) is 2.96. The van der Waals surface area contributed by atoms with E-state index in [4.69, 9.17) is 11.6 Å². The van der Waals surface area contributed by atoms with E-state index < -0.39 is 0 Å². The number of hydrogen-bond donors (Lipinski definition) is 0. The molecule has 2 rings (SSSR count). The molecule has 0 saturated heterocycles. The molecule has 56 valence electrons. The van der Waals surface area contributed by atoms with E-state index in [2.05, 4.69) is 27.6 Å². The first-order chi connectivity index (χ1) is 5.29. The van der Waals surface area contributed by atoms with Crippen LogP contribution in [0.1, 0.15) is 0 Å². The highest BCUT2D eigenvalue weighted by Gasteiger charge is 2.03. The van der Waals surface area contributed by atoms with Crippen LogP contribution in [0.5, 0.6) is 0 Å². The van der Waals surface area contributed by atoms with Gasteiger partial charge in [0.05, 0.1) is 20.7 Å². The minimum atomic E-state index is 0.794. The van der Waals surface area contributed by atoms with E-state index in [0.29, 0.717) is 0 Å². The van der Waals surface area contributed by atoms with Gasteiger partial charge in [-0.2, -0.15) is 0 Å². The molecular formula is C7H3ClINS. The quantitative estimate of drug-likeness (QED) is 0.677. The molecule has 1 nitrogen and oxygen atoms in total. The predicted molar refractivity (Wildman–Crippen MR) is 57.3 cm³/mol. The van der Waals surface area contributed by atoms with Gasteiger partial charge in [0.25, 0.3) is 0 Å². The second-order valence-corrected chi connectivity index (χ2v) is 4.48. The Hall–Kier alpha value is 0.130. The molecule has 1 aromatic carbocycles. The van der Waals surface area contributed by atoms with Gasteiger partial charge >= 0.3 is 0 Å². The van der Waals surface area contributed by atoms with Crippen LogP contribution in [0.3, 0.4) is 0 Å². The zero-order valence-electron chi connectivity index (χ0n) is 5.34. The molecule has 0 amide bonds. The average molecular weight is 296 g/mol. The van der Waals surface area contributed by atoms with E-state index in [9.17, 15) is 0 Å². The highest BCUT2D eigenvalue weighted by molar-refractivity contribution is 14.1. The van der Waals surface area contributed by atoms with Crippen molar-refractivity contribution in [2.75, 3.05) is 0 Å². The maximum absolute atomic E-state index is 5.94. The number of benzene rings is 1. The molecule has 0 unspecified atom stereocenters. The lowest BCUT2D eigenvalue weighted by Gasteiger charge is -1.93. The van der Waals surface area contributed by atoms with Crippen LogP contribution in [-0.2, 0) is 0 Å². The van der Waals surface area contributed by atoms with Crippen molar-refractivity contribution in [3.63, 3.8) is 0 Å². The van der Waals surface area contributed by atoms with Crippen LogP contribution in [0.15, 0.2) is 17.6 Å². The predicted octanol–water partition coefficient (Wildman–Crippen LogP) is 3.55. The lowest BCUT2D eigenvalue weighted by atomic mass is 10.3. The lowest BCUT2D eigenvalue weighted by Crippen LogP contribution is -1.74. The molecule has 2 aromatic rings. The third-order valence-corrected chi connectivity index (χ3v) is 3.54. The summed E-state index contributed by atoms with van der Waals surface area (Å²) in [7, 11) is 0. The fourth-order valence-electron chi connectivity index (χ4n) is 0.887. The van der Waals surface area contributed by atoms with Gasteiger partial charge in [-0.05, 0) is 34.7 Å². The largest absolute Gasteiger partial charge is 0.243 e. The van der Waals surface area contributed by atoms with E-state index >= 15 is 0 Å². The molecule has 0 spiro atoms. The summed E-state index contributed by atoms with van der Waals surface area (Å²) >= 11 is 9.77. The number of thiazole rings is 1. The lowest BCUT2D eigenvalue weighted by molar-refractivity contribution is 1.48. The number of halogens is 2. The molecule has 0 atom stereocenters. The average Bonchev–Trinajstić information content (AvgIpc) is 2.45. The van der Waals surface area contributed by atoms with Crippen molar-refractivity contribution in [3.05, 3.63) is 26.2 Å². The normalized spacial score (nSPS) is 10.7. The Morgan fingerprint density at radius 1 is 1.45 bits per heavy atom. The molecule has 1 heterocycles. The molecule has 0 fully saturated rings. The fourth-order valence-corrected chi connectivity index (χ4v) is 2.66. The van der Waals surface area contributed by atoms with E-state index in [0.717, 1.165) is 18.8 Å². The van der Waals surface area contributed by atoms with Gasteiger partial charge in [-0.15, -0.1) is 11.3 Å². The summed E-state index contributed by atoms with van der Waals surface area (Å²) in [6.45, 7) is 0. The Morgan fingerprint density at radius 2 is 2.27 bits per heavy atom. The fraction of sp³-hybridized carbons (Fsp3) is 0. The van der Waals surface area contributed by atoms with Crippen molar-refractivity contribution >= 4 is 55.7 Å². The Kier molecular flexibility index (Phi) is 2.03. The molecule has 0 aliphatic rings. The summed E-state index contributed by atoms with van der Waals surface area (Å²) in [6.07, 6.45) is 0. The summed E-state index contributed by atoms with van der Waals surface area (Å²) in [5, 5.41) is 0.794. The van der Waals surface area contributed by atoms with Crippen molar-refractivity contribution in [3.8, 4) is 0 Å². The topological polar surface area (TPSA) is 12.9 Å². The zero-order valence-corrected chi connectivity index (χ0v) is 9.07. The van der Waals surface area contributed by atoms with Gasteiger partial charge in [-0.25, -0.2) is 4.98 Å². The van der Waals surface area contributed by atoms with Gasteiger partial charge in [-0.3, -0.25) is 0 Å². The van der Waals surface area contributed by atoms with Gasteiger partial charge < -0.3 is 0 Å². The van der Waals surface area contributed by atoms with Gasteiger partial charge in [0.2, 0.25) is 0 Å². The SMILES string of the molecule is Clc1ccc(I)c2ncsc12. The van der Waals surface area contributed by atoms with Gasteiger partial charge in [0.1, 0.15) is 0 Å². The van der Waals surface area contributed by atoms with Crippen LogP contribution >= 0.6 is 45.5 Å². The minimum absolute atomic E-state index is 0.794. The van der Waals surface area contributed by atoms with E-state index in [1.807, 2.05) is 17.6 Å². The van der Waals surface area contributed by atoms with Gasteiger partial charge in [0, 0.05) is 3.57 Å². The van der Waals surface area contributed by atoms with Crippen LogP contribution in [0, 0.1) is 3.57 Å². The second kappa shape index (κ2) is 2.88. The monoisotopic (exact) mass is 295 g/mol. The summed E-state index contributed by atoms with van der Waals surface area (Å²) < 4.78 is 2.24. The Labute approximate surface area is 86.5 Å². The van der Waals surface area contributed by atoms with Crippen LogP contribution in [0.2, 0.25) is 5.02 Å². The number of nitrogens with zero attached hydrogens (tertiary/aromatic N) is 1. The smallest absolute Gasteiger partial charge is 0.0960 e. The first kappa shape index (κ1) is 7.76. The molecule has 0 aliphatic heterocycles. The van der Waals surface area contributed by atoms with Crippen molar-refractivity contribution in [1.29, 1.82) is 0 Å². The molecule has 0 N–H and O–H groups in total. The summed E-state index contributed by atoms with van der Waals surface area (Å²) in [6, 6.07) is 3.88. The maximum atomic E-state index is 5.94. The molecule has 0 saturated carbocycles. The zero-order chi connectivity index (χ0) is 7.84. The summed E-state index contributed by atoms with van der Waals surface area (Å²) in [5.74, 6) is 0. The molecule has 1 aromatic heterocycles. The third kappa shape index (κ3) is 1.25. The first-order valence-corrected chi connectivity index (χ1v) is 5.30. The number of fused-ring (bicyclic) bond motifs is 1. The molecular weight excluding hydrogens is 293 g/mol. The van der Waals surface area contributed by atoms with Crippen LogP contribution < -0.4 is 0 Å². The Bertz CT molecular complexity index is 362. The summed E-state index contributed by atoms with van der Waals surface area (Å²) in [5.41, 5.74) is 2.83. The Morgan fingerprint density at radius 3 is 3.00 bits per heavy atom. The molecule has 4 heteroatoms. The third-order valence-electron chi connectivity index (χ3n) is 1.39. The van der Waals surface area contributed by atoms with Gasteiger partial charge in [0.15, 0.2) is 0 Å². The second-order valence-electron chi connectivity index (χ2n) is 2.06. The maximum Gasteiger partial charge on any atom is 0.0960 e. The van der Waals surface area contributed by atoms with Crippen molar-refractivity contribution < 1.29 is 0 Å². The van der Waals surface area contributed by atoms with E-state index in [-0.39, 0.29) is 0 Å². The Balaban J connectivity index is 2.96. The standard InChI is InChI=1S/C7H3ClINS/c8-4-1-2-5(9)6-7(4)11-3-10-6/h1-3H. The minimum Gasteiger partial charge on any atom is -0.243 e.